The molecule has 3 aliphatic rings. The van der Waals surface area contributed by atoms with E-state index in [9.17, 15) is 14.7 Å². The van der Waals surface area contributed by atoms with Crippen LogP contribution in [0.1, 0.15) is 82.5 Å². The zero-order chi connectivity index (χ0) is 23.8. The summed E-state index contributed by atoms with van der Waals surface area (Å²) in [5.41, 5.74) is 0.296. The second-order valence-electron chi connectivity index (χ2n) is 11.4. The third-order valence-corrected chi connectivity index (χ3v) is 7.95. The van der Waals surface area contributed by atoms with Crippen LogP contribution in [0.4, 0.5) is 10.6 Å². The highest BCUT2D eigenvalue weighted by atomic mass is 16.4. The van der Waals surface area contributed by atoms with Crippen LogP contribution in [0.15, 0.2) is 18.3 Å². The molecule has 1 amide bonds. The summed E-state index contributed by atoms with van der Waals surface area (Å²) < 4.78 is 0. The number of carbonyl (C=O) groups is 2. The van der Waals surface area contributed by atoms with Crippen LogP contribution in [0.2, 0.25) is 0 Å². The van der Waals surface area contributed by atoms with Gasteiger partial charge >= 0.3 is 6.09 Å². The number of aromatic nitrogens is 1. The second-order valence-corrected chi connectivity index (χ2v) is 11.4. The highest BCUT2D eigenvalue weighted by molar-refractivity contribution is 5.95. The van der Waals surface area contributed by atoms with Crippen LogP contribution in [0.5, 0.6) is 0 Å². The molecule has 1 N–H and O–H groups in total. The lowest BCUT2D eigenvalue weighted by Gasteiger charge is -2.47. The van der Waals surface area contributed by atoms with Crippen molar-refractivity contribution in [3.63, 3.8) is 0 Å². The summed E-state index contributed by atoms with van der Waals surface area (Å²) in [6.07, 6.45) is 8.66. The summed E-state index contributed by atoms with van der Waals surface area (Å²) in [5, 5.41) is 9.82. The molecule has 0 saturated carbocycles. The SMILES string of the molecule is CN1CCC(CCC(=O)c2ccc(N3C4CCC3CC(N(C(=O)O)C(C)(C)C)C4)nc2)CC1. The molecule has 0 aliphatic carbocycles. The molecule has 0 spiro atoms. The summed E-state index contributed by atoms with van der Waals surface area (Å²) in [6.45, 7) is 8.18. The molecule has 0 aromatic carbocycles. The quantitative estimate of drug-likeness (QED) is 0.627. The van der Waals surface area contributed by atoms with Gasteiger partial charge in [0.25, 0.3) is 0 Å². The summed E-state index contributed by atoms with van der Waals surface area (Å²) in [6, 6.07) is 4.57. The minimum Gasteiger partial charge on any atom is -0.465 e. The van der Waals surface area contributed by atoms with E-state index in [1.165, 1.54) is 12.8 Å². The minimum absolute atomic E-state index is 0.0386. The summed E-state index contributed by atoms with van der Waals surface area (Å²) >= 11 is 0. The first kappa shape index (κ1) is 24.0. The van der Waals surface area contributed by atoms with Crippen LogP contribution in [0.25, 0.3) is 0 Å². The van der Waals surface area contributed by atoms with Gasteiger partial charge in [0.1, 0.15) is 5.82 Å². The van der Waals surface area contributed by atoms with E-state index in [1.54, 1.807) is 11.1 Å². The van der Waals surface area contributed by atoms with Gasteiger partial charge in [-0.25, -0.2) is 9.78 Å². The molecule has 2 unspecified atom stereocenters. The van der Waals surface area contributed by atoms with E-state index in [-0.39, 0.29) is 11.8 Å². The highest BCUT2D eigenvalue weighted by Crippen LogP contribution is 2.41. The van der Waals surface area contributed by atoms with E-state index in [0.717, 1.165) is 51.0 Å². The number of piperidine rings is 2. The standard InChI is InChI=1S/C26H40N4O3/c1-26(2,3)30(25(32)33)22-15-20-7-8-21(16-22)29(20)24-10-6-19(17-27-24)23(31)9-5-18-11-13-28(4)14-12-18/h6,10,17-18,20-22H,5,7-9,11-16H2,1-4H3,(H,32,33). The van der Waals surface area contributed by atoms with Crippen LogP contribution in [-0.2, 0) is 0 Å². The van der Waals surface area contributed by atoms with E-state index in [2.05, 4.69) is 16.8 Å². The fourth-order valence-electron chi connectivity index (χ4n) is 6.26. The van der Waals surface area contributed by atoms with Crippen molar-refractivity contribution >= 4 is 17.7 Å². The number of carboxylic acid groups (broad SMARTS) is 1. The number of pyridine rings is 1. The van der Waals surface area contributed by atoms with Crippen LogP contribution in [0.3, 0.4) is 0 Å². The van der Waals surface area contributed by atoms with Crippen molar-refractivity contribution in [3.8, 4) is 0 Å². The van der Waals surface area contributed by atoms with Gasteiger partial charge in [0.05, 0.1) is 0 Å². The monoisotopic (exact) mass is 456 g/mol. The number of Topliss-reactive ketones (excluding diaryl/α,β-unsaturated/α-hetero) is 1. The van der Waals surface area contributed by atoms with Crippen molar-refractivity contribution in [2.45, 2.75) is 95.8 Å². The lowest BCUT2D eigenvalue weighted by Crippen LogP contribution is -2.57. The smallest absolute Gasteiger partial charge is 0.407 e. The molecule has 7 heteroatoms. The van der Waals surface area contributed by atoms with Crippen molar-refractivity contribution in [3.05, 3.63) is 23.9 Å². The van der Waals surface area contributed by atoms with Gasteiger partial charge in [-0.05, 0) is 104 Å². The molecule has 4 heterocycles. The van der Waals surface area contributed by atoms with E-state index >= 15 is 0 Å². The number of ketones is 1. The van der Waals surface area contributed by atoms with E-state index in [0.29, 0.717) is 30.0 Å². The average molecular weight is 457 g/mol. The lowest BCUT2D eigenvalue weighted by atomic mass is 9.90. The van der Waals surface area contributed by atoms with E-state index in [4.69, 9.17) is 4.98 Å². The van der Waals surface area contributed by atoms with Crippen molar-refractivity contribution < 1.29 is 14.7 Å². The first-order valence-electron chi connectivity index (χ1n) is 12.6. The van der Waals surface area contributed by atoms with Gasteiger partial charge in [0.15, 0.2) is 5.78 Å². The van der Waals surface area contributed by atoms with Crippen LogP contribution < -0.4 is 4.90 Å². The molecule has 0 radical (unpaired) electrons. The predicted molar refractivity (Wildman–Crippen MR) is 130 cm³/mol. The van der Waals surface area contributed by atoms with Gasteiger partial charge < -0.3 is 19.8 Å². The summed E-state index contributed by atoms with van der Waals surface area (Å²) in [5.74, 6) is 1.77. The maximum absolute atomic E-state index is 12.7. The fourth-order valence-corrected chi connectivity index (χ4v) is 6.26. The summed E-state index contributed by atoms with van der Waals surface area (Å²) in [4.78, 5) is 35.8. The Labute approximate surface area is 198 Å². The lowest BCUT2D eigenvalue weighted by molar-refractivity contribution is 0.0558. The number of amides is 1. The van der Waals surface area contributed by atoms with Gasteiger partial charge in [-0.1, -0.05) is 0 Å². The molecular formula is C26H40N4O3. The van der Waals surface area contributed by atoms with Gasteiger partial charge in [-0.2, -0.15) is 0 Å². The van der Waals surface area contributed by atoms with Crippen molar-refractivity contribution in [1.29, 1.82) is 0 Å². The van der Waals surface area contributed by atoms with Gasteiger partial charge in [-0.15, -0.1) is 0 Å². The Morgan fingerprint density at radius 1 is 1.09 bits per heavy atom. The van der Waals surface area contributed by atoms with Crippen LogP contribution >= 0.6 is 0 Å². The van der Waals surface area contributed by atoms with Crippen molar-refractivity contribution in [2.24, 2.45) is 5.92 Å². The number of fused-ring (bicyclic) bond motifs is 2. The average Bonchev–Trinajstić information content (AvgIpc) is 3.02. The molecule has 3 fully saturated rings. The van der Waals surface area contributed by atoms with Gasteiger partial charge in [-0.3, -0.25) is 4.79 Å². The van der Waals surface area contributed by atoms with Crippen LogP contribution in [-0.4, -0.2) is 75.6 Å². The normalized spacial score (nSPS) is 26.4. The number of anilines is 1. The maximum Gasteiger partial charge on any atom is 0.407 e. The Morgan fingerprint density at radius 3 is 2.24 bits per heavy atom. The Morgan fingerprint density at radius 2 is 1.73 bits per heavy atom. The highest BCUT2D eigenvalue weighted by Gasteiger charge is 2.46. The summed E-state index contributed by atoms with van der Waals surface area (Å²) in [7, 11) is 2.16. The van der Waals surface area contributed by atoms with Gasteiger partial charge in [0.2, 0.25) is 0 Å². The maximum atomic E-state index is 12.7. The largest absolute Gasteiger partial charge is 0.465 e. The van der Waals surface area contributed by atoms with Gasteiger partial charge in [0, 0.05) is 41.8 Å². The molecule has 182 valence electrons. The topological polar surface area (TPSA) is 77.0 Å². The number of hydrogen-bond acceptors (Lipinski definition) is 5. The Bertz CT molecular complexity index is 828. The molecule has 2 bridgehead atoms. The molecule has 2 atom stereocenters. The molecule has 3 saturated heterocycles. The predicted octanol–water partition coefficient (Wildman–Crippen LogP) is 4.66. The van der Waals surface area contributed by atoms with E-state index in [1.807, 2.05) is 32.9 Å². The number of hydrogen-bond donors (Lipinski definition) is 1. The Balaban J connectivity index is 1.36. The van der Waals surface area contributed by atoms with Crippen molar-refractivity contribution in [2.75, 3.05) is 25.0 Å². The number of likely N-dealkylation sites (tertiary alicyclic amines) is 1. The molecule has 1 aromatic rings. The number of rotatable bonds is 6. The van der Waals surface area contributed by atoms with E-state index < -0.39 is 11.6 Å². The molecule has 7 nitrogen and oxygen atoms in total. The first-order valence-corrected chi connectivity index (χ1v) is 12.6. The zero-order valence-electron chi connectivity index (χ0n) is 20.7. The van der Waals surface area contributed by atoms with Crippen LogP contribution in [0, 0.1) is 5.92 Å². The fraction of sp³-hybridized carbons (Fsp3) is 0.731. The first-order chi connectivity index (χ1) is 15.6. The Kier molecular flexibility index (Phi) is 6.99. The minimum atomic E-state index is -0.832. The molecule has 4 rings (SSSR count). The third kappa shape index (κ3) is 5.34. The molecule has 3 aliphatic heterocycles. The molecular weight excluding hydrogens is 416 g/mol. The third-order valence-electron chi connectivity index (χ3n) is 7.95. The molecule has 1 aromatic heterocycles. The zero-order valence-corrected chi connectivity index (χ0v) is 20.7. The second kappa shape index (κ2) is 9.61. The number of nitrogens with zero attached hydrogens (tertiary/aromatic N) is 4. The molecule has 33 heavy (non-hydrogen) atoms. The van der Waals surface area contributed by atoms with Crippen molar-refractivity contribution in [1.82, 2.24) is 14.8 Å². The Hall–Kier alpha value is -2.15. The number of carbonyl (C=O) groups excluding carboxylic acids is 1.